The Morgan fingerprint density at radius 2 is 1.63 bits per heavy atom. The summed E-state index contributed by atoms with van der Waals surface area (Å²) in [5.41, 5.74) is 13.0. The Hall–Kier alpha value is -1.16. The summed E-state index contributed by atoms with van der Waals surface area (Å²) in [6.45, 7) is 8.35. The van der Waals surface area contributed by atoms with Gasteiger partial charge in [0.05, 0.1) is 5.82 Å². The maximum Gasteiger partial charge on any atom is 0.0987 e. The van der Waals surface area contributed by atoms with E-state index < -0.39 is 0 Å². The molecule has 1 saturated heterocycles. The van der Waals surface area contributed by atoms with Crippen molar-refractivity contribution < 1.29 is 0 Å². The minimum atomic E-state index is -0.00526. The van der Waals surface area contributed by atoms with Crippen molar-refractivity contribution in [2.24, 2.45) is 16.9 Å². The van der Waals surface area contributed by atoms with E-state index in [1.807, 2.05) is 12.2 Å². The number of likely N-dealkylation sites (tertiary alicyclic amines) is 1. The molecule has 0 aliphatic carbocycles. The average molecular weight is 266 g/mol. The van der Waals surface area contributed by atoms with Crippen LogP contribution < -0.4 is 11.5 Å². The lowest BCUT2D eigenvalue weighted by atomic mass is 9.92. The predicted molar refractivity (Wildman–Crippen MR) is 82.3 cm³/mol. The van der Waals surface area contributed by atoms with Gasteiger partial charge in [-0.05, 0) is 39.1 Å². The third-order valence-electron chi connectivity index (χ3n) is 3.86. The van der Waals surface area contributed by atoms with Crippen LogP contribution in [0.15, 0.2) is 23.7 Å². The van der Waals surface area contributed by atoms with Gasteiger partial charge in [-0.1, -0.05) is 20.8 Å². The third-order valence-corrected chi connectivity index (χ3v) is 3.86. The molecule has 4 heteroatoms. The Bertz CT molecular complexity index is 342. The van der Waals surface area contributed by atoms with Crippen molar-refractivity contribution in [3.63, 3.8) is 0 Å². The Kier molecular flexibility index (Phi) is 5.29. The van der Waals surface area contributed by atoms with E-state index in [0.717, 1.165) is 24.6 Å². The van der Waals surface area contributed by atoms with E-state index in [-0.39, 0.29) is 5.41 Å². The van der Waals surface area contributed by atoms with E-state index in [4.69, 9.17) is 11.5 Å². The summed E-state index contributed by atoms with van der Waals surface area (Å²) in [4.78, 5) is 4.54. The quantitative estimate of drug-likeness (QED) is 0.763. The third kappa shape index (κ3) is 4.78. The van der Waals surface area contributed by atoms with Crippen molar-refractivity contribution in [1.82, 2.24) is 9.80 Å². The summed E-state index contributed by atoms with van der Waals surface area (Å²) in [7, 11) is 4.29. The molecule has 0 aromatic heterocycles. The van der Waals surface area contributed by atoms with Crippen LogP contribution in [-0.4, -0.2) is 43.0 Å². The SMILES string of the molecule is CN(C)C1CCN(/C(N)=C/C=C(\N)C(C)(C)C)CC1. The van der Waals surface area contributed by atoms with Gasteiger partial charge in [0.25, 0.3) is 0 Å². The van der Waals surface area contributed by atoms with Crippen molar-refractivity contribution in [2.75, 3.05) is 27.2 Å². The first-order valence-corrected chi connectivity index (χ1v) is 7.06. The highest BCUT2D eigenvalue weighted by atomic mass is 15.2. The lowest BCUT2D eigenvalue weighted by molar-refractivity contribution is 0.169. The molecular formula is C15H30N4. The molecule has 0 unspecified atom stereocenters. The first-order valence-electron chi connectivity index (χ1n) is 7.06. The van der Waals surface area contributed by atoms with Gasteiger partial charge in [-0.15, -0.1) is 0 Å². The van der Waals surface area contributed by atoms with Crippen LogP contribution in [0.3, 0.4) is 0 Å². The Morgan fingerprint density at radius 3 is 2.05 bits per heavy atom. The molecule has 1 aliphatic heterocycles. The Balaban J connectivity index is 2.58. The number of piperidine rings is 1. The molecule has 110 valence electrons. The minimum absolute atomic E-state index is 0.00526. The maximum atomic E-state index is 6.13. The second-order valence-electron chi connectivity index (χ2n) is 6.65. The van der Waals surface area contributed by atoms with Crippen LogP contribution in [0.4, 0.5) is 0 Å². The molecule has 4 nitrogen and oxygen atoms in total. The van der Waals surface area contributed by atoms with Gasteiger partial charge in [0.1, 0.15) is 0 Å². The van der Waals surface area contributed by atoms with Gasteiger partial charge < -0.3 is 21.3 Å². The first kappa shape index (κ1) is 15.9. The van der Waals surface area contributed by atoms with Crippen LogP contribution in [0, 0.1) is 5.41 Å². The van der Waals surface area contributed by atoms with Gasteiger partial charge in [-0.25, -0.2) is 0 Å². The standard InChI is InChI=1S/C15H30N4/c1-15(2,3)13(16)6-7-14(17)19-10-8-12(9-11-19)18(4)5/h6-7,12H,8-11,16-17H2,1-5H3/b13-6-,14-7+. The van der Waals surface area contributed by atoms with Gasteiger partial charge in [0.15, 0.2) is 0 Å². The van der Waals surface area contributed by atoms with E-state index in [9.17, 15) is 0 Å². The molecular weight excluding hydrogens is 236 g/mol. The smallest absolute Gasteiger partial charge is 0.0987 e. The van der Waals surface area contributed by atoms with Crippen molar-refractivity contribution in [1.29, 1.82) is 0 Å². The topological polar surface area (TPSA) is 58.5 Å². The zero-order valence-corrected chi connectivity index (χ0v) is 13.1. The molecule has 0 spiro atoms. The van der Waals surface area contributed by atoms with Gasteiger partial charge in [0.2, 0.25) is 0 Å². The highest BCUT2D eigenvalue weighted by Gasteiger charge is 2.20. The zero-order valence-electron chi connectivity index (χ0n) is 13.1. The molecule has 0 aromatic rings. The fourth-order valence-corrected chi connectivity index (χ4v) is 2.17. The van der Waals surface area contributed by atoms with E-state index >= 15 is 0 Å². The molecule has 19 heavy (non-hydrogen) atoms. The normalized spacial score (nSPS) is 20.2. The average Bonchev–Trinajstić information content (AvgIpc) is 2.34. The van der Waals surface area contributed by atoms with Crippen LogP contribution in [0.1, 0.15) is 33.6 Å². The monoisotopic (exact) mass is 266 g/mol. The lowest BCUT2D eigenvalue weighted by Crippen LogP contribution is -2.42. The molecule has 0 saturated carbocycles. The fraction of sp³-hybridized carbons (Fsp3) is 0.733. The second-order valence-corrected chi connectivity index (χ2v) is 6.65. The molecule has 0 bridgehead atoms. The van der Waals surface area contributed by atoms with Crippen molar-refractivity contribution >= 4 is 0 Å². The van der Waals surface area contributed by atoms with Crippen LogP contribution >= 0.6 is 0 Å². The molecule has 1 rings (SSSR count). The van der Waals surface area contributed by atoms with Crippen LogP contribution in [0.25, 0.3) is 0 Å². The number of rotatable bonds is 3. The van der Waals surface area contributed by atoms with Gasteiger partial charge in [-0.3, -0.25) is 0 Å². The number of nitrogens with two attached hydrogens (primary N) is 2. The van der Waals surface area contributed by atoms with Gasteiger partial charge >= 0.3 is 0 Å². The molecule has 0 atom stereocenters. The summed E-state index contributed by atoms with van der Waals surface area (Å²) in [6, 6.07) is 0.680. The van der Waals surface area contributed by atoms with E-state index in [1.165, 1.54) is 12.8 Å². The van der Waals surface area contributed by atoms with Crippen LogP contribution in [-0.2, 0) is 0 Å². The highest BCUT2D eigenvalue weighted by Crippen LogP contribution is 2.21. The summed E-state index contributed by atoms with van der Waals surface area (Å²) >= 11 is 0. The summed E-state index contributed by atoms with van der Waals surface area (Å²) in [6.07, 6.45) is 6.21. The van der Waals surface area contributed by atoms with Crippen LogP contribution in [0.2, 0.25) is 0 Å². The van der Waals surface area contributed by atoms with E-state index in [1.54, 1.807) is 0 Å². The fourth-order valence-electron chi connectivity index (χ4n) is 2.17. The first-order chi connectivity index (χ1) is 8.71. The van der Waals surface area contributed by atoms with Gasteiger partial charge in [0, 0.05) is 30.2 Å². The summed E-state index contributed by atoms with van der Waals surface area (Å²) < 4.78 is 0. The molecule has 1 heterocycles. The Morgan fingerprint density at radius 1 is 1.11 bits per heavy atom. The lowest BCUT2D eigenvalue weighted by Gasteiger charge is -2.36. The molecule has 1 fully saturated rings. The number of hydrogen-bond acceptors (Lipinski definition) is 4. The molecule has 0 amide bonds. The minimum Gasteiger partial charge on any atom is -0.402 e. The Labute approximate surface area is 118 Å². The molecule has 1 aliphatic rings. The number of hydrogen-bond donors (Lipinski definition) is 2. The highest BCUT2D eigenvalue weighted by molar-refractivity contribution is 5.18. The van der Waals surface area contributed by atoms with Gasteiger partial charge in [-0.2, -0.15) is 0 Å². The molecule has 4 N–H and O–H groups in total. The number of nitrogens with zero attached hydrogens (tertiary/aromatic N) is 2. The van der Waals surface area contributed by atoms with Crippen molar-refractivity contribution in [3.8, 4) is 0 Å². The zero-order chi connectivity index (χ0) is 14.6. The maximum absolute atomic E-state index is 6.13. The van der Waals surface area contributed by atoms with E-state index in [2.05, 4.69) is 44.7 Å². The van der Waals surface area contributed by atoms with Crippen LogP contribution in [0.5, 0.6) is 0 Å². The molecule has 0 aromatic carbocycles. The second kappa shape index (κ2) is 6.33. The van der Waals surface area contributed by atoms with E-state index in [0.29, 0.717) is 6.04 Å². The largest absolute Gasteiger partial charge is 0.402 e. The summed E-state index contributed by atoms with van der Waals surface area (Å²) in [5.74, 6) is 0.824. The number of allylic oxidation sites excluding steroid dienone is 3. The molecule has 0 radical (unpaired) electrons. The summed E-state index contributed by atoms with van der Waals surface area (Å²) in [5, 5.41) is 0. The predicted octanol–water partition coefficient (Wildman–Crippen LogP) is 1.70. The van der Waals surface area contributed by atoms with Crippen molar-refractivity contribution in [3.05, 3.63) is 23.7 Å². The van der Waals surface area contributed by atoms with Crippen molar-refractivity contribution in [2.45, 2.75) is 39.7 Å².